The maximum atomic E-state index is 9.04. The summed E-state index contributed by atoms with van der Waals surface area (Å²) >= 11 is 0. The topological polar surface area (TPSA) is 40.5 Å². The summed E-state index contributed by atoms with van der Waals surface area (Å²) in [7, 11) is 0. The number of benzene rings is 1. The first-order valence-corrected chi connectivity index (χ1v) is 11.4. The van der Waals surface area contributed by atoms with E-state index >= 15 is 0 Å². The molecular formula is C27H50O2. The average Bonchev–Trinajstić information content (AvgIpc) is 2.61. The Morgan fingerprint density at radius 1 is 0.621 bits per heavy atom. The van der Waals surface area contributed by atoms with Crippen LogP contribution < -0.4 is 0 Å². The summed E-state index contributed by atoms with van der Waals surface area (Å²) in [6, 6.07) is 7.15. The highest BCUT2D eigenvalue weighted by atomic mass is 16.3. The van der Waals surface area contributed by atoms with Gasteiger partial charge in [0.05, 0.1) is 13.2 Å². The number of aliphatic hydroxyl groups excluding tert-OH is 2. The summed E-state index contributed by atoms with van der Waals surface area (Å²) < 4.78 is 0. The summed E-state index contributed by atoms with van der Waals surface area (Å²) in [5.41, 5.74) is 4.75. The van der Waals surface area contributed by atoms with Crippen LogP contribution in [0.3, 0.4) is 0 Å². The summed E-state index contributed by atoms with van der Waals surface area (Å²) in [5, 5.41) is 18.1. The van der Waals surface area contributed by atoms with E-state index in [9.17, 15) is 0 Å². The molecule has 170 valence electrons. The standard InChI is InChI=1S/C18H30.C9H20O2/c1-16(2,3)13-10-14(17(4,5)6)12-15(11-13)18(7,8)9;1-3-5-6-9(4-2,7-10)8-11/h10-12H,1-9H3;10-11H,3-8H2,1-2H3. The third-order valence-corrected chi connectivity index (χ3v) is 6.01. The molecule has 1 aromatic carbocycles. The van der Waals surface area contributed by atoms with E-state index in [1.807, 2.05) is 6.92 Å². The van der Waals surface area contributed by atoms with Gasteiger partial charge in [-0.1, -0.05) is 107 Å². The van der Waals surface area contributed by atoms with Gasteiger partial charge in [-0.3, -0.25) is 0 Å². The molecule has 0 spiro atoms. The SMILES string of the molecule is CC(C)(C)c1cc(C(C)(C)C)cc(C(C)(C)C)c1.CCCCC(CC)(CO)CO. The lowest BCUT2D eigenvalue weighted by Gasteiger charge is -2.29. The molecule has 2 heteroatoms. The number of rotatable bonds is 6. The second-order valence-electron chi connectivity index (χ2n) is 11.8. The van der Waals surface area contributed by atoms with Crippen molar-refractivity contribution in [3.63, 3.8) is 0 Å². The van der Waals surface area contributed by atoms with Crippen molar-refractivity contribution in [3.8, 4) is 0 Å². The van der Waals surface area contributed by atoms with Crippen molar-refractivity contribution in [1.82, 2.24) is 0 Å². The first-order valence-electron chi connectivity index (χ1n) is 11.4. The molecule has 0 aliphatic rings. The summed E-state index contributed by atoms with van der Waals surface area (Å²) in [5.74, 6) is 0. The van der Waals surface area contributed by atoms with Crippen LogP contribution in [-0.4, -0.2) is 23.4 Å². The van der Waals surface area contributed by atoms with Crippen LogP contribution in [0.2, 0.25) is 0 Å². The third kappa shape index (κ3) is 9.22. The van der Waals surface area contributed by atoms with E-state index < -0.39 is 0 Å². The average molecular weight is 407 g/mol. The van der Waals surface area contributed by atoms with Gasteiger partial charge in [-0.05, 0) is 45.8 Å². The van der Waals surface area contributed by atoms with Crippen molar-refractivity contribution in [1.29, 1.82) is 0 Å². The Balaban J connectivity index is 0.000000614. The summed E-state index contributed by atoms with van der Waals surface area (Å²) in [6.45, 7) is 25.0. The van der Waals surface area contributed by atoms with E-state index in [-0.39, 0.29) is 34.9 Å². The van der Waals surface area contributed by atoms with E-state index in [1.165, 1.54) is 16.7 Å². The molecule has 0 atom stereocenters. The van der Waals surface area contributed by atoms with Crippen LogP contribution in [0.15, 0.2) is 18.2 Å². The molecule has 0 aliphatic heterocycles. The van der Waals surface area contributed by atoms with Crippen molar-refractivity contribution >= 4 is 0 Å². The molecule has 1 aromatic rings. The molecule has 29 heavy (non-hydrogen) atoms. The minimum atomic E-state index is -0.212. The Kier molecular flexibility index (Phi) is 10.6. The van der Waals surface area contributed by atoms with Gasteiger partial charge in [0, 0.05) is 5.41 Å². The van der Waals surface area contributed by atoms with Gasteiger partial charge in [0.2, 0.25) is 0 Å². The van der Waals surface area contributed by atoms with Crippen LogP contribution in [-0.2, 0) is 16.2 Å². The number of hydrogen-bond acceptors (Lipinski definition) is 2. The lowest BCUT2D eigenvalue weighted by Crippen LogP contribution is -2.28. The van der Waals surface area contributed by atoms with Gasteiger partial charge in [-0.2, -0.15) is 0 Å². The van der Waals surface area contributed by atoms with Crippen LogP contribution in [0.5, 0.6) is 0 Å². The van der Waals surface area contributed by atoms with Gasteiger partial charge >= 0.3 is 0 Å². The molecule has 0 aliphatic carbocycles. The van der Waals surface area contributed by atoms with Crippen LogP contribution in [0, 0.1) is 5.41 Å². The van der Waals surface area contributed by atoms with Crippen molar-refractivity contribution in [2.24, 2.45) is 5.41 Å². The second-order valence-corrected chi connectivity index (χ2v) is 11.8. The fraction of sp³-hybridized carbons (Fsp3) is 0.778. The largest absolute Gasteiger partial charge is 0.396 e. The molecule has 0 radical (unpaired) electrons. The van der Waals surface area contributed by atoms with Gasteiger partial charge in [-0.25, -0.2) is 0 Å². The summed E-state index contributed by atoms with van der Waals surface area (Å²) in [4.78, 5) is 0. The van der Waals surface area contributed by atoms with Crippen LogP contribution >= 0.6 is 0 Å². The lowest BCUT2D eigenvalue weighted by atomic mass is 9.76. The van der Waals surface area contributed by atoms with Crippen LogP contribution in [0.4, 0.5) is 0 Å². The highest BCUT2D eigenvalue weighted by Gasteiger charge is 2.25. The van der Waals surface area contributed by atoms with E-state index in [0.29, 0.717) is 0 Å². The van der Waals surface area contributed by atoms with E-state index in [4.69, 9.17) is 10.2 Å². The van der Waals surface area contributed by atoms with Crippen molar-refractivity contribution in [2.45, 2.75) is 118 Å². The fourth-order valence-corrected chi connectivity index (χ4v) is 3.09. The maximum Gasteiger partial charge on any atom is 0.0509 e. The minimum absolute atomic E-state index is 0.111. The Labute approximate surface area is 182 Å². The molecule has 1 rings (SSSR count). The highest BCUT2D eigenvalue weighted by molar-refractivity contribution is 5.39. The maximum absolute atomic E-state index is 9.04. The van der Waals surface area contributed by atoms with Crippen LogP contribution in [0.25, 0.3) is 0 Å². The quantitative estimate of drug-likeness (QED) is 0.527. The Bertz CT molecular complexity index is 503. The summed E-state index contributed by atoms with van der Waals surface area (Å²) in [6.07, 6.45) is 4.02. The van der Waals surface area contributed by atoms with E-state index in [1.54, 1.807) is 0 Å². The zero-order valence-corrected chi connectivity index (χ0v) is 21.4. The molecule has 0 unspecified atom stereocenters. The molecular weight excluding hydrogens is 356 g/mol. The Morgan fingerprint density at radius 3 is 1.10 bits per heavy atom. The van der Waals surface area contributed by atoms with E-state index in [2.05, 4.69) is 87.4 Å². The molecule has 0 bridgehead atoms. The number of unbranched alkanes of at least 4 members (excludes halogenated alkanes) is 1. The molecule has 0 saturated carbocycles. The fourth-order valence-electron chi connectivity index (χ4n) is 3.09. The number of hydrogen-bond donors (Lipinski definition) is 2. The van der Waals surface area contributed by atoms with Gasteiger partial charge in [0.15, 0.2) is 0 Å². The molecule has 0 heterocycles. The van der Waals surface area contributed by atoms with Crippen LogP contribution in [0.1, 0.15) is 119 Å². The zero-order chi connectivity index (χ0) is 23.1. The molecule has 2 N–H and O–H groups in total. The third-order valence-electron chi connectivity index (χ3n) is 6.01. The normalized spacial score (nSPS) is 13.1. The highest BCUT2D eigenvalue weighted by Crippen LogP contribution is 2.34. The first-order chi connectivity index (χ1) is 13.1. The van der Waals surface area contributed by atoms with Crippen molar-refractivity contribution in [3.05, 3.63) is 34.9 Å². The predicted molar refractivity (Wildman–Crippen MR) is 129 cm³/mol. The minimum Gasteiger partial charge on any atom is -0.396 e. The van der Waals surface area contributed by atoms with Crippen molar-refractivity contribution < 1.29 is 10.2 Å². The second kappa shape index (κ2) is 11.0. The zero-order valence-electron chi connectivity index (χ0n) is 21.4. The van der Waals surface area contributed by atoms with Gasteiger partial charge in [-0.15, -0.1) is 0 Å². The molecule has 0 aromatic heterocycles. The van der Waals surface area contributed by atoms with Gasteiger partial charge < -0.3 is 10.2 Å². The predicted octanol–water partition coefficient (Wildman–Crippen LogP) is 7.14. The first kappa shape index (κ1) is 28.1. The Morgan fingerprint density at radius 2 is 0.931 bits per heavy atom. The Hall–Kier alpha value is -0.860. The van der Waals surface area contributed by atoms with Gasteiger partial charge in [0.25, 0.3) is 0 Å². The lowest BCUT2D eigenvalue weighted by molar-refractivity contribution is 0.0420. The van der Waals surface area contributed by atoms with Crippen molar-refractivity contribution in [2.75, 3.05) is 13.2 Å². The van der Waals surface area contributed by atoms with E-state index in [0.717, 1.165) is 25.7 Å². The van der Waals surface area contributed by atoms with Gasteiger partial charge in [0.1, 0.15) is 0 Å². The smallest absolute Gasteiger partial charge is 0.0509 e. The molecule has 2 nitrogen and oxygen atoms in total. The monoisotopic (exact) mass is 406 g/mol. The molecule has 0 fully saturated rings. The molecule has 0 amide bonds. The number of aliphatic hydroxyl groups is 2. The molecule has 0 saturated heterocycles.